The van der Waals surface area contributed by atoms with Gasteiger partial charge in [-0.3, -0.25) is 4.79 Å². The smallest absolute Gasteiger partial charge is 0.340 e. The summed E-state index contributed by atoms with van der Waals surface area (Å²) in [4.78, 5) is 28.7. The van der Waals surface area contributed by atoms with Crippen molar-refractivity contribution in [2.24, 2.45) is 0 Å². The van der Waals surface area contributed by atoms with Crippen LogP contribution < -0.4 is 10.2 Å². The van der Waals surface area contributed by atoms with Crippen molar-refractivity contribution < 1.29 is 14.3 Å². The molecule has 6 heteroatoms. The van der Waals surface area contributed by atoms with E-state index in [1.54, 1.807) is 25.1 Å². The van der Waals surface area contributed by atoms with Crippen LogP contribution in [0.1, 0.15) is 17.3 Å². The number of piperazine rings is 1. The standard InChI is InChI=1S/C21H25N3O3/c1-2-27-21(26)18-10-6-7-11-19(18)22-16-20(25)24-14-12-23(13-15-24)17-8-4-3-5-9-17/h3-11,22H,2,12-16H2,1H3. The molecule has 0 radical (unpaired) electrons. The van der Waals surface area contributed by atoms with Gasteiger partial charge in [0, 0.05) is 37.6 Å². The monoisotopic (exact) mass is 367 g/mol. The van der Waals surface area contributed by atoms with Gasteiger partial charge in [-0.2, -0.15) is 0 Å². The molecule has 0 unspecified atom stereocenters. The van der Waals surface area contributed by atoms with E-state index in [1.807, 2.05) is 29.2 Å². The molecule has 2 aromatic carbocycles. The minimum Gasteiger partial charge on any atom is -0.462 e. The lowest BCUT2D eigenvalue weighted by Gasteiger charge is -2.36. The average Bonchev–Trinajstić information content (AvgIpc) is 2.73. The Kier molecular flexibility index (Phi) is 6.30. The van der Waals surface area contributed by atoms with Crippen molar-refractivity contribution in [3.63, 3.8) is 0 Å². The first-order chi connectivity index (χ1) is 13.2. The number of nitrogens with one attached hydrogen (secondary N) is 1. The Morgan fingerprint density at radius 1 is 0.963 bits per heavy atom. The summed E-state index contributed by atoms with van der Waals surface area (Å²) in [5.74, 6) is -0.356. The molecule has 1 saturated heterocycles. The molecule has 1 amide bonds. The van der Waals surface area contributed by atoms with Crippen molar-refractivity contribution in [3.05, 3.63) is 60.2 Å². The maximum atomic E-state index is 12.6. The molecule has 0 spiro atoms. The molecule has 1 fully saturated rings. The number of hydrogen-bond acceptors (Lipinski definition) is 5. The molecule has 1 aliphatic rings. The number of ether oxygens (including phenoxy) is 1. The molecule has 0 saturated carbocycles. The van der Waals surface area contributed by atoms with Crippen molar-refractivity contribution in [1.29, 1.82) is 0 Å². The highest BCUT2D eigenvalue weighted by atomic mass is 16.5. The molecule has 1 N–H and O–H groups in total. The van der Waals surface area contributed by atoms with Crippen LogP contribution in [0.3, 0.4) is 0 Å². The fraction of sp³-hybridized carbons (Fsp3) is 0.333. The Hall–Kier alpha value is -3.02. The minimum absolute atomic E-state index is 0.0290. The maximum absolute atomic E-state index is 12.6. The maximum Gasteiger partial charge on any atom is 0.340 e. The largest absolute Gasteiger partial charge is 0.462 e. The van der Waals surface area contributed by atoms with Crippen LogP contribution in [-0.2, 0) is 9.53 Å². The first-order valence-electron chi connectivity index (χ1n) is 9.27. The van der Waals surface area contributed by atoms with Crippen molar-refractivity contribution in [3.8, 4) is 0 Å². The summed E-state index contributed by atoms with van der Waals surface area (Å²) >= 11 is 0. The molecule has 27 heavy (non-hydrogen) atoms. The molecular formula is C21H25N3O3. The summed E-state index contributed by atoms with van der Waals surface area (Å²) in [6.45, 7) is 5.25. The second kappa shape index (κ2) is 9.07. The van der Waals surface area contributed by atoms with E-state index in [0.717, 1.165) is 13.1 Å². The Labute approximate surface area is 159 Å². The molecule has 0 aliphatic carbocycles. The molecule has 1 aliphatic heterocycles. The molecule has 142 valence electrons. The SMILES string of the molecule is CCOC(=O)c1ccccc1NCC(=O)N1CCN(c2ccccc2)CC1. The lowest BCUT2D eigenvalue weighted by molar-refractivity contribution is -0.129. The van der Waals surface area contributed by atoms with Gasteiger partial charge in [0.15, 0.2) is 0 Å². The van der Waals surface area contributed by atoms with Gasteiger partial charge < -0.3 is 19.9 Å². The van der Waals surface area contributed by atoms with E-state index < -0.39 is 0 Å². The molecule has 1 heterocycles. The molecule has 0 bridgehead atoms. The van der Waals surface area contributed by atoms with Gasteiger partial charge in [-0.25, -0.2) is 4.79 Å². The lowest BCUT2D eigenvalue weighted by atomic mass is 10.2. The Balaban J connectivity index is 1.53. The summed E-state index contributed by atoms with van der Waals surface area (Å²) in [5.41, 5.74) is 2.25. The zero-order valence-electron chi connectivity index (χ0n) is 15.6. The highest BCUT2D eigenvalue weighted by molar-refractivity contribution is 5.96. The van der Waals surface area contributed by atoms with Crippen LogP contribution in [-0.4, -0.2) is 56.1 Å². The number of esters is 1. The summed E-state index contributed by atoms with van der Waals surface area (Å²) in [6.07, 6.45) is 0. The van der Waals surface area contributed by atoms with Crippen LogP contribution in [0, 0.1) is 0 Å². The number of amides is 1. The van der Waals surface area contributed by atoms with Crippen molar-refractivity contribution in [2.45, 2.75) is 6.92 Å². The third-order valence-corrected chi connectivity index (χ3v) is 4.61. The van der Waals surface area contributed by atoms with Crippen LogP contribution in [0.4, 0.5) is 11.4 Å². The van der Waals surface area contributed by atoms with Crippen molar-refractivity contribution in [1.82, 2.24) is 4.90 Å². The highest BCUT2D eigenvalue weighted by Gasteiger charge is 2.21. The second-order valence-corrected chi connectivity index (χ2v) is 6.32. The lowest BCUT2D eigenvalue weighted by Crippen LogP contribution is -2.50. The number of carbonyl (C=O) groups excluding carboxylic acids is 2. The number of anilines is 2. The van der Waals surface area contributed by atoms with Crippen LogP contribution in [0.2, 0.25) is 0 Å². The van der Waals surface area contributed by atoms with Crippen LogP contribution in [0.15, 0.2) is 54.6 Å². The predicted octanol–water partition coefficient (Wildman–Crippen LogP) is 2.62. The number of benzene rings is 2. The third kappa shape index (κ3) is 4.78. The minimum atomic E-state index is -0.385. The normalized spacial score (nSPS) is 14.0. The zero-order chi connectivity index (χ0) is 19.1. The van der Waals surface area contributed by atoms with E-state index in [1.165, 1.54) is 5.69 Å². The van der Waals surface area contributed by atoms with Crippen LogP contribution in [0.25, 0.3) is 0 Å². The average molecular weight is 367 g/mol. The van der Waals surface area contributed by atoms with E-state index in [4.69, 9.17) is 4.74 Å². The number of rotatable bonds is 6. The van der Waals surface area contributed by atoms with Gasteiger partial charge in [0.1, 0.15) is 0 Å². The Morgan fingerprint density at radius 2 is 1.63 bits per heavy atom. The Morgan fingerprint density at radius 3 is 2.33 bits per heavy atom. The number of para-hydroxylation sites is 2. The third-order valence-electron chi connectivity index (χ3n) is 4.61. The molecule has 6 nitrogen and oxygen atoms in total. The molecule has 0 atom stereocenters. The van der Waals surface area contributed by atoms with E-state index in [0.29, 0.717) is 30.9 Å². The number of hydrogen-bond donors (Lipinski definition) is 1. The first kappa shape index (κ1) is 18.8. The van der Waals surface area contributed by atoms with Gasteiger partial charge in [-0.15, -0.1) is 0 Å². The molecule has 0 aromatic heterocycles. The Bertz CT molecular complexity index is 771. The summed E-state index contributed by atoms with van der Waals surface area (Å²) < 4.78 is 5.07. The van der Waals surface area contributed by atoms with Crippen LogP contribution in [0.5, 0.6) is 0 Å². The van der Waals surface area contributed by atoms with Gasteiger partial charge in [0.25, 0.3) is 0 Å². The topological polar surface area (TPSA) is 61.9 Å². The molecular weight excluding hydrogens is 342 g/mol. The predicted molar refractivity (Wildman–Crippen MR) is 106 cm³/mol. The van der Waals surface area contributed by atoms with E-state index >= 15 is 0 Å². The fourth-order valence-electron chi connectivity index (χ4n) is 3.16. The van der Waals surface area contributed by atoms with Gasteiger partial charge in [0.2, 0.25) is 5.91 Å². The van der Waals surface area contributed by atoms with Gasteiger partial charge in [-0.1, -0.05) is 30.3 Å². The second-order valence-electron chi connectivity index (χ2n) is 6.32. The van der Waals surface area contributed by atoms with Crippen molar-refractivity contribution >= 4 is 23.3 Å². The zero-order valence-corrected chi connectivity index (χ0v) is 15.6. The number of nitrogens with zero attached hydrogens (tertiary/aromatic N) is 2. The fourth-order valence-corrected chi connectivity index (χ4v) is 3.16. The molecule has 3 rings (SSSR count). The van der Waals surface area contributed by atoms with Crippen molar-refractivity contribution in [2.75, 3.05) is 49.5 Å². The van der Waals surface area contributed by atoms with E-state index in [2.05, 4.69) is 22.3 Å². The van der Waals surface area contributed by atoms with E-state index in [-0.39, 0.29) is 18.4 Å². The quantitative estimate of drug-likeness (QED) is 0.796. The summed E-state index contributed by atoms with van der Waals surface area (Å²) in [7, 11) is 0. The number of carbonyl (C=O) groups is 2. The summed E-state index contributed by atoms with van der Waals surface area (Å²) in [6, 6.07) is 17.3. The van der Waals surface area contributed by atoms with Gasteiger partial charge in [-0.05, 0) is 31.2 Å². The first-order valence-corrected chi connectivity index (χ1v) is 9.27. The van der Waals surface area contributed by atoms with E-state index in [9.17, 15) is 9.59 Å². The van der Waals surface area contributed by atoms with Gasteiger partial charge >= 0.3 is 5.97 Å². The summed E-state index contributed by atoms with van der Waals surface area (Å²) in [5, 5.41) is 3.09. The highest BCUT2D eigenvalue weighted by Crippen LogP contribution is 2.17. The molecule has 2 aromatic rings. The van der Waals surface area contributed by atoms with Crippen LogP contribution >= 0.6 is 0 Å². The van der Waals surface area contributed by atoms with Gasteiger partial charge in [0.05, 0.1) is 18.7 Å².